The van der Waals surface area contributed by atoms with Crippen LogP contribution in [0.2, 0.25) is 0 Å². The molecule has 0 saturated heterocycles. The molecule has 0 heterocycles. The molecule has 1 aromatic rings. The topological polar surface area (TPSA) is 72.2 Å². The van der Waals surface area contributed by atoms with Crippen molar-refractivity contribution in [3.05, 3.63) is 34.4 Å². The number of anilines is 1. The first-order valence-electron chi connectivity index (χ1n) is 7.94. The number of amides is 1. The number of nitro benzene ring substituents is 1. The SMILES string of the molecule is CC(C)[C@@H]1CC[C@@H](C)C[C@H]1C(=O)Nc1ccccc1[N+](=O)[O-]. The molecule has 0 bridgehead atoms. The lowest BCUT2D eigenvalue weighted by Gasteiger charge is -2.36. The average molecular weight is 304 g/mol. The molecule has 1 amide bonds. The maximum Gasteiger partial charge on any atom is 0.292 e. The van der Waals surface area contributed by atoms with Gasteiger partial charge in [0, 0.05) is 12.0 Å². The van der Waals surface area contributed by atoms with Gasteiger partial charge in [0.05, 0.1) is 4.92 Å². The third kappa shape index (κ3) is 3.64. The molecule has 0 aromatic heterocycles. The summed E-state index contributed by atoms with van der Waals surface area (Å²) in [7, 11) is 0. The zero-order valence-corrected chi connectivity index (χ0v) is 13.4. The first-order chi connectivity index (χ1) is 10.4. The minimum Gasteiger partial charge on any atom is -0.320 e. The minimum atomic E-state index is -0.459. The van der Waals surface area contributed by atoms with E-state index in [4.69, 9.17) is 0 Å². The molecule has 1 N–H and O–H groups in total. The zero-order chi connectivity index (χ0) is 16.3. The highest BCUT2D eigenvalue weighted by Crippen LogP contribution is 2.39. The van der Waals surface area contributed by atoms with Crippen LogP contribution in [0.15, 0.2) is 24.3 Å². The van der Waals surface area contributed by atoms with E-state index in [2.05, 4.69) is 26.1 Å². The van der Waals surface area contributed by atoms with Gasteiger partial charge in [-0.25, -0.2) is 0 Å². The van der Waals surface area contributed by atoms with Crippen LogP contribution in [0.4, 0.5) is 11.4 Å². The number of hydrogen-bond acceptors (Lipinski definition) is 3. The summed E-state index contributed by atoms with van der Waals surface area (Å²) in [4.78, 5) is 23.3. The van der Waals surface area contributed by atoms with Gasteiger partial charge in [-0.2, -0.15) is 0 Å². The predicted octanol–water partition coefficient (Wildman–Crippen LogP) is 4.24. The van der Waals surface area contributed by atoms with Crippen molar-refractivity contribution in [1.29, 1.82) is 0 Å². The first kappa shape index (κ1) is 16.5. The van der Waals surface area contributed by atoms with Crippen molar-refractivity contribution < 1.29 is 9.72 Å². The van der Waals surface area contributed by atoms with Crippen molar-refractivity contribution in [2.75, 3.05) is 5.32 Å². The molecule has 1 aromatic carbocycles. The van der Waals surface area contributed by atoms with Gasteiger partial charge in [-0.05, 0) is 36.7 Å². The van der Waals surface area contributed by atoms with Crippen molar-refractivity contribution in [2.45, 2.75) is 40.0 Å². The smallest absolute Gasteiger partial charge is 0.292 e. The Balaban J connectivity index is 2.18. The van der Waals surface area contributed by atoms with E-state index < -0.39 is 4.92 Å². The predicted molar refractivity (Wildman–Crippen MR) is 86.6 cm³/mol. The molecule has 120 valence electrons. The summed E-state index contributed by atoms with van der Waals surface area (Å²) >= 11 is 0. The summed E-state index contributed by atoms with van der Waals surface area (Å²) in [5, 5.41) is 13.8. The molecule has 5 nitrogen and oxygen atoms in total. The highest BCUT2D eigenvalue weighted by Gasteiger charge is 2.35. The highest BCUT2D eigenvalue weighted by atomic mass is 16.6. The molecule has 0 spiro atoms. The monoisotopic (exact) mass is 304 g/mol. The van der Waals surface area contributed by atoms with Crippen LogP contribution >= 0.6 is 0 Å². The number of nitro groups is 1. The summed E-state index contributed by atoms with van der Waals surface area (Å²) in [5.74, 6) is 1.16. The third-order valence-electron chi connectivity index (χ3n) is 4.72. The maximum absolute atomic E-state index is 12.7. The molecule has 1 saturated carbocycles. The van der Waals surface area contributed by atoms with Gasteiger partial charge in [-0.1, -0.05) is 39.3 Å². The lowest BCUT2D eigenvalue weighted by molar-refractivity contribution is -0.383. The molecule has 0 aliphatic heterocycles. The van der Waals surface area contributed by atoms with Crippen molar-refractivity contribution in [1.82, 2.24) is 0 Å². The van der Waals surface area contributed by atoms with Crippen LogP contribution in [0.1, 0.15) is 40.0 Å². The Morgan fingerprint density at radius 2 is 2.00 bits per heavy atom. The molecule has 1 aliphatic rings. The summed E-state index contributed by atoms with van der Waals surface area (Å²) in [6, 6.07) is 6.31. The van der Waals surface area contributed by atoms with Gasteiger partial charge in [0.15, 0.2) is 0 Å². The average Bonchev–Trinajstić information content (AvgIpc) is 2.47. The van der Waals surface area contributed by atoms with E-state index in [9.17, 15) is 14.9 Å². The molecule has 2 rings (SSSR count). The Hall–Kier alpha value is -1.91. The number of benzene rings is 1. The Morgan fingerprint density at radius 1 is 1.32 bits per heavy atom. The van der Waals surface area contributed by atoms with Crippen molar-refractivity contribution in [3.8, 4) is 0 Å². The Morgan fingerprint density at radius 3 is 2.64 bits per heavy atom. The van der Waals surface area contributed by atoms with Crippen LogP contribution in [0, 0.1) is 33.8 Å². The molecular formula is C17H24N2O3. The van der Waals surface area contributed by atoms with Gasteiger partial charge in [0.2, 0.25) is 5.91 Å². The van der Waals surface area contributed by atoms with Crippen LogP contribution < -0.4 is 5.32 Å². The van der Waals surface area contributed by atoms with Crippen LogP contribution in [-0.4, -0.2) is 10.8 Å². The Kier molecular flexibility index (Phi) is 5.16. The minimum absolute atomic E-state index is 0.0548. The fraction of sp³-hybridized carbons (Fsp3) is 0.588. The van der Waals surface area contributed by atoms with Gasteiger partial charge >= 0.3 is 0 Å². The maximum atomic E-state index is 12.7. The largest absolute Gasteiger partial charge is 0.320 e. The number of carbonyl (C=O) groups excluding carboxylic acids is 1. The molecule has 0 radical (unpaired) electrons. The van der Waals surface area contributed by atoms with Crippen molar-refractivity contribution in [2.24, 2.45) is 23.7 Å². The quantitative estimate of drug-likeness (QED) is 0.668. The zero-order valence-electron chi connectivity index (χ0n) is 13.4. The van der Waals surface area contributed by atoms with Gasteiger partial charge in [0.1, 0.15) is 5.69 Å². The molecule has 1 aliphatic carbocycles. The van der Waals surface area contributed by atoms with Gasteiger partial charge in [-0.15, -0.1) is 0 Å². The number of nitrogens with one attached hydrogen (secondary N) is 1. The van der Waals surface area contributed by atoms with Crippen LogP contribution in [0.5, 0.6) is 0 Å². The van der Waals surface area contributed by atoms with E-state index in [1.165, 1.54) is 6.07 Å². The molecule has 22 heavy (non-hydrogen) atoms. The molecule has 5 heteroatoms. The summed E-state index contributed by atoms with van der Waals surface area (Å²) in [5.41, 5.74) is 0.235. The number of rotatable bonds is 4. The van der Waals surface area contributed by atoms with Crippen LogP contribution in [0.25, 0.3) is 0 Å². The van der Waals surface area contributed by atoms with E-state index in [1.54, 1.807) is 18.2 Å². The Bertz CT molecular complexity index is 557. The third-order valence-corrected chi connectivity index (χ3v) is 4.72. The first-order valence-corrected chi connectivity index (χ1v) is 7.94. The highest BCUT2D eigenvalue weighted by molar-refractivity contribution is 5.94. The molecule has 0 unspecified atom stereocenters. The number of para-hydroxylation sites is 2. The Labute approximate surface area is 131 Å². The second-order valence-corrected chi connectivity index (χ2v) is 6.70. The van der Waals surface area contributed by atoms with Gasteiger partial charge in [0.25, 0.3) is 5.69 Å². The molecule has 1 fully saturated rings. The molecular weight excluding hydrogens is 280 g/mol. The standard InChI is InChI=1S/C17H24N2O3/c1-11(2)13-9-8-12(3)10-14(13)17(20)18-15-6-4-5-7-16(15)19(21)22/h4-7,11-14H,8-10H2,1-3H3,(H,18,20)/t12-,13+,14-/m1/s1. The van der Waals surface area contributed by atoms with Crippen molar-refractivity contribution >= 4 is 17.3 Å². The number of carbonyl (C=O) groups is 1. The second kappa shape index (κ2) is 6.90. The van der Waals surface area contributed by atoms with E-state index in [0.29, 0.717) is 23.4 Å². The lowest BCUT2D eigenvalue weighted by atomic mass is 9.70. The number of nitrogens with zero attached hydrogens (tertiary/aromatic N) is 1. The lowest BCUT2D eigenvalue weighted by Crippen LogP contribution is -2.36. The summed E-state index contributed by atoms with van der Waals surface area (Å²) < 4.78 is 0. The normalized spacial score (nSPS) is 25.0. The number of hydrogen-bond donors (Lipinski definition) is 1. The van der Waals surface area contributed by atoms with E-state index in [1.807, 2.05) is 0 Å². The summed E-state index contributed by atoms with van der Waals surface area (Å²) in [6.07, 6.45) is 3.06. The molecule has 3 atom stereocenters. The van der Waals surface area contributed by atoms with Gasteiger partial charge in [-0.3, -0.25) is 14.9 Å². The van der Waals surface area contributed by atoms with Crippen molar-refractivity contribution in [3.63, 3.8) is 0 Å². The fourth-order valence-electron chi connectivity index (χ4n) is 3.47. The van der Waals surface area contributed by atoms with Crippen LogP contribution in [-0.2, 0) is 4.79 Å². The second-order valence-electron chi connectivity index (χ2n) is 6.70. The summed E-state index contributed by atoms with van der Waals surface area (Å²) in [6.45, 7) is 6.46. The van der Waals surface area contributed by atoms with Gasteiger partial charge < -0.3 is 5.32 Å². The fourth-order valence-corrected chi connectivity index (χ4v) is 3.47. The van der Waals surface area contributed by atoms with Crippen LogP contribution in [0.3, 0.4) is 0 Å². The van der Waals surface area contributed by atoms with E-state index in [-0.39, 0.29) is 17.5 Å². The van der Waals surface area contributed by atoms with E-state index in [0.717, 1.165) is 19.3 Å². The van der Waals surface area contributed by atoms with E-state index >= 15 is 0 Å².